The van der Waals surface area contributed by atoms with Gasteiger partial charge in [0.05, 0.1) is 16.6 Å². The largest absolute Gasteiger partial charge is 0.489 e. The van der Waals surface area contributed by atoms with Crippen molar-refractivity contribution in [1.82, 2.24) is 9.97 Å². The van der Waals surface area contributed by atoms with Gasteiger partial charge < -0.3 is 9.72 Å². The highest BCUT2D eigenvalue weighted by Gasteiger charge is 2.09. The van der Waals surface area contributed by atoms with Crippen LogP contribution in [-0.4, -0.2) is 16.6 Å². The number of nitrogens with zero attached hydrogens (tertiary/aromatic N) is 2. The summed E-state index contributed by atoms with van der Waals surface area (Å²) in [6.07, 6.45) is 3.47. The third-order valence-corrected chi connectivity index (χ3v) is 3.59. The van der Waals surface area contributed by atoms with Crippen LogP contribution in [0.4, 0.5) is 0 Å². The van der Waals surface area contributed by atoms with Gasteiger partial charge in [-0.05, 0) is 36.8 Å². The van der Waals surface area contributed by atoms with Crippen LogP contribution in [0.1, 0.15) is 17.0 Å². The predicted molar refractivity (Wildman–Crippen MR) is 96.4 cm³/mol. The maximum Gasteiger partial charge on any atom is 0.149 e. The molecule has 0 unspecified atom stereocenters. The molecule has 0 saturated carbocycles. The third-order valence-electron chi connectivity index (χ3n) is 3.59. The lowest BCUT2D eigenvalue weighted by Crippen LogP contribution is -1.95. The van der Waals surface area contributed by atoms with Gasteiger partial charge in [-0.1, -0.05) is 36.9 Å². The summed E-state index contributed by atoms with van der Waals surface area (Å²) in [5.41, 5.74) is 4.18. The molecule has 2 aromatic carbocycles. The van der Waals surface area contributed by atoms with Crippen molar-refractivity contribution in [3.63, 3.8) is 0 Å². The van der Waals surface area contributed by atoms with Gasteiger partial charge in [0.2, 0.25) is 0 Å². The summed E-state index contributed by atoms with van der Waals surface area (Å²) in [5, 5.41) is 9.55. The Balaban J connectivity index is 2.03. The van der Waals surface area contributed by atoms with E-state index >= 15 is 0 Å². The number of rotatable bonds is 5. The first-order valence-electron chi connectivity index (χ1n) is 7.62. The van der Waals surface area contributed by atoms with Crippen molar-refractivity contribution >= 4 is 22.7 Å². The predicted octanol–water partition coefficient (Wildman–Crippen LogP) is 4.50. The number of hydrogen-bond acceptors (Lipinski definition) is 3. The molecule has 0 bridgehead atoms. The van der Waals surface area contributed by atoms with E-state index in [4.69, 9.17) is 4.74 Å². The quantitative estimate of drug-likeness (QED) is 0.557. The van der Waals surface area contributed by atoms with Gasteiger partial charge in [0.15, 0.2) is 0 Å². The van der Waals surface area contributed by atoms with Crippen LogP contribution in [0.2, 0.25) is 0 Å². The van der Waals surface area contributed by atoms with Crippen molar-refractivity contribution in [2.75, 3.05) is 6.61 Å². The molecule has 0 aliphatic heterocycles. The fraction of sp³-hybridized carbons (Fsp3) is 0.100. The normalized spacial score (nSPS) is 11.2. The maximum atomic E-state index is 9.55. The van der Waals surface area contributed by atoms with Gasteiger partial charge in [-0.2, -0.15) is 5.26 Å². The SMILES string of the molecule is C=CCOc1ccccc1/C=C(\C#N)c1nc2ccc(C)cc2[nH]1. The van der Waals surface area contributed by atoms with Crippen molar-refractivity contribution < 1.29 is 4.74 Å². The number of aryl methyl sites for hydroxylation is 1. The van der Waals surface area contributed by atoms with Gasteiger partial charge in [-0.15, -0.1) is 0 Å². The van der Waals surface area contributed by atoms with Crippen LogP contribution < -0.4 is 4.74 Å². The number of allylic oxidation sites excluding steroid dienone is 1. The highest BCUT2D eigenvalue weighted by Crippen LogP contribution is 2.25. The molecule has 0 radical (unpaired) electrons. The molecule has 0 amide bonds. The van der Waals surface area contributed by atoms with Crippen molar-refractivity contribution in [2.45, 2.75) is 6.92 Å². The average molecular weight is 315 g/mol. The van der Waals surface area contributed by atoms with E-state index in [1.165, 1.54) is 0 Å². The minimum absolute atomic E-state index is 0.413. The van der Waals surface area contributed by atoms with E-state index in [0.29, 0.717) is 23.8 Å². The maximum absolute atomic E-state index is 9.55. The van der Waals surface area contributed by atoms with Gasteiger partial charge in [0.1, 0.15) is 24.3 Å². The molecule has 4 nitrogen and oxygen atoms in total. The molecule has 0 spiro atoms. The Labute approximate surface area is 140 Å². The number of H-pyrrole nitrogens is 1. The molecular weight excluding hydrogens is 298 g/mol. The lowest BCUT2D eigenvalue weighted by atomic mass is 10.1. The number of aromatic nitrogens is 2. The van der Waals surface area contributed by atoms with E-state index in [1.807, 2.05) is 49.4 Å². The molecule has 3 rings (SSSR count). The molecule has 24 heavy (non-hydrogen) atoms. The number of hydrogen-bond donors (Lipinski definition) is 1. The van der Waals surface area contributed by atoms with Crippen LogP contribution in [0, 0.1) is 18.3 Å². The van der Waals surface area contributed by atoms with Crippen LogP contribution in [0.15, 0.2) is 55.1 Å². The molecule has 0 aliphatic rings. The van der Waals surface area contributed by atoms with Gasteiger partial charge in [-0.3, -0.25) is 0 Å². The molecule has 0 atom stereocenters. The van der Waals surface area contributed by atoms with Crippen molar-refractivity contribution in [2.24, 2.45) is 0 Å². The number of imidazole rings is 1. The van der Waals surface area contributed by atoms with Crippen LogP contribution in [-0.2, 0) is 0 Å². The topological polar surface area (TPSA) is 61.7 Å². The number of ether oxygens (including phenoxy) is 1. The molecule has 1 heterocycles. The van der Waals surface area contributed by atoms with E-state index in [1.54, 1.807) is 12.2 Å². The smallest absolute Gasteiger partial charge is 0.149 e. The first-order valence-corrected chi connectivity index (χ1v) is 7.62. The molecule has 1 N–H and O–H groups in total. The molecule has 1 aromatic heterocycles. The summed E-state index contributed by atoms with van der Waals surface area (Å²) in [6.45, 7) is 6.09. The monoisotopic (exact) mass is 315 g/mol. The summed E-state index contributed by atoms with van der Waals surface area (Å²) in [4.78, 5) is 7.72. The number of aromatic amines is 1. The summed E-state index contributed by atoms with van der Waals surface area (Å²) in [7, 11) is 0. The number of para-hydroxylation sites is 1. The van der Waals surface area contributed by atoms with Crippen LogP contribution in [0.5, 0.6) is 5.75 Å². The minimum Gasteiger partial charge on any atom is -0.489 e. The Bertz CT molecular complexity index is 960. The van der Waals surface area contributed by atoms with Crippen LogP contribution >= 0.6 is 0 Å². The number of nitriles is 1. The molecule has 0 aliphatic carbocycles. The lowest BCUT2D eigenvalue weighted by Gasteiger charge is -2.07. The molecule has 3 aromatic rings. The lowest BCUT2D eigenvalue weighted by molar-refractivity contribution is 0.362. The number of nitrogens with one attached hydrogen (secondary N) is 1. The van der Waals surface area contributed by atoms with Crippen LogP contribution in [0.25, 0.3) is 22.7 Å². The van der Waals surface area contributed by atoms with Crippen molar-refractivity contribution in [3.05, 3.63) is 72.1 Å². The van der Waals surface area contributed by atoms with Gasteiger partial charge in [0.25, 0.3) is 0 Å². The second-order valence-corrected chi connectivity index (χ2v) is 5.41. The third kappa shape index (κ3) is 3.21. The Hall–Kier alpha value is -3.32. The Morgan fingerprint density at radius 2 is 2.17 bits per heavy atom. The van der Waals surface area contributed by atoms with Gasteiger partial charge in [-0.25, -0.2) is 4.98 Å². The first-order chi connectivity index (χ1) is 11.7. The second kappa shape index (κ2) is 6.84. The Morgan fingerprint density at radius 1 is 1.33 bits per heavy atom. The molecule has 0 fully saturated rings. The zero-order chi connectivity index (χ0) is 16.9. The molecule has 118 valence electrons. The molecule has 4 heteroatoms. The summed E-state index contributed by atoms with van der Waals surface area (Å²) in [5.74, 6) is 1.26. The minimum atomic E-state index is 0.413. The molecular formula is C20H17N3O. The van der Waals surface area contributed by atoms with E-state index in [9.17, 15) is 5.26 Å². The summed E-state index contributed by atoms with van der Waals surface area (Å²) < 4.78 is 5.64. The highest BCUT2D eigenvalue weighted by atomic mass is 16.5. The van der Waals surface area contributed by atoms with Gasteiger partial charge in [0, 0.05) is 5.56 Å². The van der Waals surface area contributed by atoms with E-state index in [2.05, 4.69) is 22.6 Å². The number of fused-ring (bicyclic) bond motifs is 1. The van der Waals surface area contributed by atoms with Crippen LogP contribution in [0.3, 0.4) is 0 Å². The van der Waals surface area contributed by atoms with Gasteiger partial charge >= 0.3 is 0 Å². The summed E-state index contributed by atoms with van der Waals surface area (Å²) >= 11 is 0. The zero-order valence-corrected chi connectivity index (χ0v) is 13.4. The zero-order valence-electron chi connectivity index (χ0n) is 13.4. The fourth-order valence-electron chi connectivity index (χ4n) is 2.44. The summed E-state index contributed by atoms with van der Waals surface area (Å²) in [6, 6.07) is 15.8. The Morgan fingerprint density at radius 3 is 2.96 bits per heavy atom. The van der Waals surface area contributed by atoms with E-state index < -0.39 is 0 Å². The Kier molecular flexibility index (Phi) is 4.44. The first kappa shape index (κ1) is 15.6. The van der Waals surface area contributed by atoms with E-state index in [-0.39, 0.29) is 0 Å². The van der Waals surface area contributed by atoms with E-state index in [0.717, 1.165) is 22.2 Å². The fourth-order valence-corrected chi connectivity index (χ4v) is 2.44. The average Bonchev–Trinajstić information content (AvgIpc) is 3.01. The molecule has 0 saturated heterocycles. The standard InChI is InChI=1S/C20H17N3O/c1-3-10-24-19-7-5-4-6-15(19)12-16(13-21)20-22-17-9-8-14(2)11-18(17)23-20/h3-9,11-12H,1,10H2,2H3,(H,22,23)/b16-12+. The highest BCUT2D eigenvalue weighted by molar-refractivity contribution is 5.91. The van der Waals surface area contributed by atoms with Crippen molar-refractivity contribution in [1.29, 1.82) is 5.26 Å². The number of benzene rings is 2. The van der Waals surface area contributed by atoms with Crippen molar-refractivity contribution in [3.8, 4) is 11.8 Å². The second-order valence-electron chi connectivity index (χ2n) is 5.41.